The van der Waals surface area contributed by atoms with E-state index >= 15 is 0 Å². The van der Waals surface area contributed by atoms with E-state index in [-0.39, 0.29) is 0 Å². The van der Waals surface area contributed by atoms with Gasteiger partial charge in [-0.05, 0) is 50.5 Å². The van der Waals surface area contributed by atoms with Gasteiger partial charge in [0, 0.05) is 0 Å². The Morgan fingerprint density at radius 3 is 2.60 bits per heavy atom. The third-order valence-electron chi connectivity index (χ3n) is 3.29. The van der Waals surface area contributed by atoms with Gasteiger partial charge in [0.2, 0.25) is 0 Å². The van der Waals surface area contributed by atoms with Gasteiger partial charge < -0.3 is 5.11 Å². The van der Waals surface area contributed by atoms with Crippen LogP contribution in [0.15, 0.2) is 11.6 Å². The molecule has 1 atom stereocenters. The summed E-state index contributed by atoms with van der Waals surface area (Å²) in [5.41, 5.74) is 0.724. The number of hydrogen-bond donors (Lipinski definition) is 1. The minimum absolute atomic E-state index is 0.561. The van der Waals surface area contributed by atoms with Gasteiger partial charge in [0.1, 0.15) is 0 Å². The molecule has 1 aliphatic rings. The van der Waals surface area contributed by atoms with Crippen LogP contribution >= 0.6 is 0 Å². The van der Waals surface area contributed by atoms with E-state index in [1.165, 1.54) is 31.3 Å². The summed E-state index contributed by atoms with van der Waals surface area (Å²) in [4.78, 5) is 0. The van der Waals surface area contributed by atoms with Gasteiger partial charge in [0.15, 0.2) is 0 Å². The fraction of sp³-hybridized carbons (Fsp3) is 0.857. The maximum Gasteiger partial charge on any atom is 0.0831 e. The normalized spacial score (nSPS) is 22.9. The van der Waals surface area contributed by atoms with Gasteiger partial charge in [-0.15, -0.1) is 0 Å². The molecule has 15 heavy (non-hydrogen) atoms. The molecule has 0 spiro atoms. The summed E-state index contributed by atoms with van der Waals surface area (Å²) in [6.07, 6.45) is 10.7. The van der Waals surface area contributed by atoms with Crippen molar-refractivity contribution in [2.75, 3.05) is 0 Å². The van der Waals surface area contributed by atoms with Crippen molar-refractivity contribution in [3.63, 3.8) is 0 Å². The Kier molecular flexibility index (Phi) is 4.85. The van der Waals surface area contributed by atoms with Crippen molar-refractivity contribution in [2.24, 2.45) is 5.92 Å². The number of allylic oxidation sites excluding steroid dienone is 1. The van der Waals surface area contributed by atoms with E-state index in [0.717, 1.165) is 19.3 Å². The first-order valence-electron chi connectivity index (χ1n) is 6.44. The number of rotatable bonds is 3. The van der Waals surface area contributed by atoms with E-state index in [1.807, 2.05) is 6.92 Å². The van der Waals surface area contributed by atoms with E-state index in [9.17, 15) is 5.11 Å². The molecule has 0 aromatic heterocycles. The summed E-state index contributed by atoms with van der Waals surface area (Å²) >= 11 is 0. The highest BCUT2D eigenvalue weighted by Crippen LogP contribution is 2.30. The summed E-state index contributed by atoms with van der Waals surface area (Å²) in [5.74, 6) is 0.561. The second-order valence-corrected chi connectivity index (χ2v) is 5.55. The van der Waals surface area contributed by atoms with Crippen LogP contribution in [-0.4, -0.2) is 10.7 Å². The van der Waals surface area contributed by atoms with Gasteiger partial charge >= 0.3 is 0 Å². The molecule has 0 saturated heterocycles. The Morgan fingerprint density at radius 2 is 1.93 bits per heavy atom. The lowest BCUT2D eigenvalue weighted by molar-refractivity contribution is 0.0707. The molecule has 1 heteroatoms. The van der Waals surface area contributed by atoms with Gasteiger partial charge in [-0.25, -0.2) is 0 Å². The third-order valence-corrected chi connectivity index (χ3v) is 3.29. The summed E-state index contributed by atoms with van der Waals surface area (Å²) in [7, 11) is 0. The second-order valence-electron chi connectivity index (χ2n) is 5.55. The fourth-order valence-electron chi connectivity index (χ4n) is 2.61. The monoisotopic (exact) mass is 210 g/mol. The highest BCUT2D eigenvalue weighted by Gasteiger charge is 2.26. The van der Waals surface area contributed by atoms with E-state index < -0.39 is 5.60 Å². The second kappa shape index (κ2) is 5.69. The molecule has 1 nitrogen and oxygen atoms in total. The van der Waals surface area contributed by atoms with E-state index in [2.05, 4.69) is 19.9 Å². The number of aliphatic hydroxyl groups is 1. The Morgan fingerprint density at radius 1 is 1.27 bits per heavy atom. The molecule has 1 aliphatic carbocycles. The van der Waals surface area contributed by atoms with E-state index in [0.29, 0.717) is 5.92 Å². The van der Waals surface area contributed by atoms with Crippen molar-refractivity contribution in [2.45, 2.75) is 71.3 Å². The first kappa shape index (κ1) is 12.8. The van der Waals surface area contributed by atoms with Crippen LogP contribution in [0.3, 0.4) is 0 Å². The minimum Gasteiger partial charge on any atom is -0.386 e. The van der Waals surface area contributed by atoms with Gasteiger partial charge in [-0.3, -0.25) is 0 Å². The average molecular weight is 210 g/mol. The first-order valence-corrected chi connectivity index (χ1v) is 6.44. The number of hydrogen-bond acceptors (Lipinski definition) is 1. The summed E-state index contributed by atoms with van der Waals surface area (Å²) < 4.78 is 0. The maximum atomic E-state index is 10.5. The van der Waals surface area contributed by atoms with E-state index in [1.54, 1.807) is 0 Å². The van der Waals surface area contributed by atoms with Crippen LogP contribution < -0.4 is 0 Å². The molecule has 0 heterocycles. The van der Waals surface area contributed by atoms with Crippen LogP contribution in [0.25, 0.3) is 0 Å². The molecule has 1 N–H and O–H groups in total. The zero-order valence-corrected chi connectivity index (χ0v) is 10.6. The molecular formula is C14H26O. The zero-order valence-electron chi connectivity index (χ0n) is 10.6. The molecule has 0 radical (unpaired) electrons. The van der Waals surface area contributed by atoms with Crippen LogP contribution in [0.4, 0.5) is 0 Å². The average Bonchev–Trinajstić information content (AvgIpc) is 1.98. The highest BCUT2D eigenvalue weighted by molar-refractivity contribution is 5.15. The lowest BCUT2D eigenvalue weighted by Crippen LogP contribution is -2.29. The molecule has 0 fully saturated rings. The molecule has 0 aliphatic heterocycles. The van der Waals surface area contributed by atoms with Crippen molar-refractivity contribution in [3.05, 3.63) is 11.6 Å². The quantitative estimate of drug-likeness (QED) is 0.696. The predicted octanol–water partition coefficient (Wildman–Crippen LogP) is 4.06. The maximum absolute atomic E-state index is 10.5. The molecule has 1 rings (SSSR count). The van der Waals surface area contributed by atoms with Crippen LogP contribution in [-0.2, 0) is 0 Å². The van der Waals surface area contributed by atoms with Gasteiger partial charge in [-0.2, -0.15) is 0 Å². The molecular weight excluding hydrogens is 184 g/mol. The topological polar surface area (TPSA) is 20.2 Å². The summed E-state index contributed by atoms with van der Waals surface area (Å²) in [6.45, 7) is 6.34. The largest absolute Gasteiger partial charge is 0.386 e. The Balaban J connectivity index is 2.64. The predicted molar refractivity (Wildman–Crippen MR) is 65.9 cm³/mol. The highest BCUT2D eigenvalue weighted by atomic mass is 16.3. The molecule has 0 aromatic rings. The molecule has 0 amide bonds. The van der Waals surface area contributed by atoms with Crippen molar-refractivity contribution in [3.8, 4) is 0 Å². The third kappa shape index (κ3) is 4.38. The lowest BCUT2D eigenvalue weighted by atomic mass is 9.83. The van der Waals surface area contributed by atoms with Crippen LogP contribution in [0.1, 0.15) is 65.7 Å². The zero-order chi connectivity index (χ0) is 11.3. The van der Waals surface area contributed by atoms with Crippen molar-refractivity contribution < 1.29 is 5.11 Å². The minimum atomic E-state index is -0.564. The molecule has 0 saturated carbocycles. The Labute approximate surface area is 94.6 Å². The van der Waals surface area contributed by atoms with E-state index in [4.69, 9.17) is 0 Å². The van der Waals surface area contributed by atoms with Crippen molar-refractivity contribution in [1.29, 1.82) is 0 Å². The van der Waals surface area contributed by atoms with Gasteiger partial charge in [0.05, 0.1) is 5.60 Å². The molecule has 0 aromatic carbocycles. The van der Waals surface area contributed by atoms with Crippen LogP contribution in [0, 0.1) is 5.92 Å². The molecule has 88 valence electrons. The van der Waals surface area contributed by atoms with Gasteiger partial charge in [0.25, 0.3) is 0 Å². The van der Waals surface area contributed by atoms with Crippen LogP contribution in [0.2, 0.25) is 0 Å². The SMILES string of the molecule is CC(C)CC(C)(O)C1=CCCCCCC1. The Bertz CT molecular complexity index is 213. The Hall–Kier alpha value is -0.300. The standard InChI is InChI=1S/C14H26O/c1-12(2)11-14(3,15)13-9-7-5-4-6-8-10-13/h9,12,15H,4-8,10-11H2,1-3H3. The van der Waals surface area contributed by atoms with Gasteiger partial charge in [-0.1, -0.05) is 32.8 Å². The molecule has 1 unspecified atom stereocenters. The summed E-state index contributed by atoms with van der Waals surface area (Å²) in [6, 6.07) is 0. The van der Waals surface area contributed by atoms with Crippen molar-refractivity contribution >= 4 is 0 Å². The van der Waals surface area contributed by atoms with Crippen molar-refractivity contribution in [1.82, 2.24) is 0 Å². The first-order chi connectivity index (χ1) is 7.02. The van der Waals surface area contributed by atoms with Crippen LogP contribution in [0.5, 0.6) is 0 Å². The summed E-state index contributed by atoms with van der Waals surface area (Å²) in [5, 5.41) is 10.5. The fourth-order valence-corrected chi connectivity index (χ4v) is 2.61. The molecule has 0 bridgehead atoms. The smallest absolute Gasteiger partial charge is 0.0831 e. The lowest BCUT2D eigenvalue weighted by Gasteiger charge is -2.29.